The first-order chi connectivity index (χ1) is 14.3. The third kappa shape index (κ3) is 8.42. The molecule has 0 heterocycles. The highest BCUT2D eigenvalue weighted by atomic mass is 32.2. The summed E-state index contributed by atoms with van der Waals surface area (Å²) in [5, 5.41) is 0. The third-order valence-electron chi connectivity index (χ3n) is 4.07. The van der Waals surface area contributed by atoms with E-state index in [0.29, 0.717) is 38.4 Å². The van der Waals surface area contributed by atoms with Gasteiger partial charge in [0.05, 0.1) is 19.5 Å². The maximum atomic E-state index is 12.0. The molecule has 0 aliphatic rings. The van der Waals surface area contributed by atoms with Gasteiger partial charge in [-0.25, -0.2) is 4.79 Å². The van der Waals surface area contributed by atoms with Gasteiger partial charge in [-0.3, -0.25) is 0 Å². The first kappa shape index (κ1) is 23.7. The van der Waals surface area contributed by atoms with Gasteiger partial charge in [-0.2, -0.15) is 8.42 Å². The summed E-state index contributed by atoms with van der Waals surface area (Å²) in [5.41, 5.74) is 1.85. The number of benzene rings is 2. The Bertz CT molecular complexity index is 907. The fraction of sp³-hybridized carbons (Fsp3) is 0.409. The smallest absolute Gasteiger partial charge is 0.335 e. The van der Waals surface area contributed by atoms with Crippen LogP contribution in [0.1, 0.15) is 25.0 Å². The zero-order valence-electron chi connectivity index (χ0n) is 17.5. The topological polar surface area (TPSA) is 88.1 Å². The van der Waals surface area contributed by atoms with Crippen molar-refractivity contribution in [3.63, 3.8) is 0 Å². The second-order valence-electron chi connectivity index (χ2n) is 6.58. The van der Waals surface area contributed by atoms with Gasteiger partial charge < -0.3 is 18.4 Å². The number of carbonyl (C=O) groups excluding carboxylic acids is 1. The number of hydrogen-bond donors (Lipinski definition) is 0. The van der Waals surface area contributed by atoms with Crippen molar-refractivity contribution in [2.75, 3.05) is 26.1 Å². The zero-order valence-corrected chi connectivity index (χ0v) is 18.3. The van der Waals surface area contributed by atoms with E-state index >= 15 is 0 Å². The molecule has 2 aromatic carbocycles. The molecule has 2 rings (SSSR count). The first-order valence-electron chi connectivity index (χ1n) is 9.79. The zero-order chi connectivity index (χ0) is 22.0. The van der Waals surface area contributed by atoms with E-state index in [1.807, 2.05) is 37.3 Å². The Morgan fingerprint density at radius 2 is 1.70 bits per heavy atom. The van der Waals surface area contributed by atoms with Crippen molar-refractivity contribution < 1.29 is 31.6 Å². The van der Waals surface area contributed by atoms with Crippen molar-refractivity contribution in [3.05, 3.63) is 59.7 Å². The van der Waals surface area contributed by atoms with Crippen LogP contribution in [0.2, 0.25) is 0 Å². The third-order valence-corrected chi connectivity index (χ3v) is 4.56. The number of hydrogen-bond acceptors (Lipinski definition) is 7. The fourth-order valence-corrected chi connectivity index (χ4v) is 3.25. The van der Waals surface area contributed by atoms with Crippen LogP contribution in [0, 0.1) is 0 Å². The maximum absolute atomic E-state index is 12.0. The standard InChI is InChI=1S/C22H28O7S/c1-4-26-21(22(23)27-5-2)16-18-9-11-19(12-10-18)28-14-13-17-7-6-8-20(15-17)29-30(3,24)25/h6-12,15,21H,4-5,13-14,16H2,1-3H3. The minimum absolute atomic E-state index is 0.282. The Hall–Kier alpha value is -2.58. The molecule has 0 amide bonds. The largest absolute Gasteiger partial charge is 0.493 e. The van der Waals surface area contributed by atoms with Crippen LogP contribution in [0.4, 0.5) is 0 Å². The summed E-state index contributed by atoms with van der Waals surface area (Å²) in [5.74, 6) is 0.623. The van der Waals surface area contributed by atoms with Crippen LogP contribution in [0.15, 0.2) is 48.5 Å². The Kier molecular flexibility index (Phi) is 9.14. The number of esters is 1. The van der Waals surface area contributed by atoms with Crippen molar-refractivity contribution in [1.29, 1.82) is 0 Å². The molecule has 0 saturated carbocycles. The summed E-state index contributed by atoms with van der Waals surface area (Å²) in [6, 6.07) is 14.3. The predicted molar refractivity (Wildman–Crippen MR) is 113 cm³/mol. The molecule has 0 saturated heterocycles. The lowest BCUT2D eigenvalue weighted by Crippen LogP contribution is -2.28. The second-order valence-corrected chi connectivity index (χ2v) is 8.15. The number of ether oxygens (including phenoxy) is 3. The minimum atomic E-state index is -3.55. The first-order valence-corrected chi connectivity index (χ1v) is 11.6. The Morgan fingerprint density at radius 1 is 0.967 bits per heavy atom. The average molecular weight is 437 g/mol. The quantitative estimate of drug-likeness (QED) is 0.373. The van der Waals surface area contributed by atoms with Crippen LogP contribution in [0.3, 0.4) is 0 Å². The molecule has 0 aliphatic heterocycles. The van der Waals surface area contributed by atoms with Crippen molar-refractivity contribution >= 4 is 16.1 Å². The van der Waals surface area contributed by atoms with E-state index in [9.17, 15) is 13.2 Å². The van der Waals surface area contributed by atoms with Crippen LogP contribution in [-0.2, 0) is 37.2 Å². The maximum Gasteiger partial charge on any atom is 0.335 e. The van der Waals surface area contributed by atoms with Crippen molar-refractivity contribution in [1.82, 2.24) is 0 Å². The van der Waals surface area contributed by atoms with Crippen molar-refractivity contribution in [2.24, 2.45) is 0 Å². The van der Waals surface area contributed by atoms with Crippen LogP contribution >= 0.6 is 0 Å². The summed E-state index contributed by atoms with van der Waals surface area (Å²) in [7, 11) is -3.55. The van der Waals surface area contributed by atoms with Gasteiger partial charge in [0.2, 0.25) is 0 Å². The summed E-state index contributed by atoms with van der Waals surface area (Å²) in [6.45, 7) is 4.78. The molecule has 0 radical (unpaired) electrons. The highest BCUT2D eigenvalue weighted by molar-refractivity contribution is 7.86. The molecule has 1 atom stereocenters. The molecule has 30 heavy (non-hydrogen) atoms. The van der Waals surface area contributed by atoms with E-state index in [2.05, 4.69) is 0 Å². The molecular weight excluding hydrogens is 408 g/mol. The van der Waals surface area contributed by atoms with Crippen LogP contribution in [0.25, 0.3) is 0 Å². The van der Waals surface area contributed by atoms with E-state index in [-0.39, 0.29) is 11.7 Å². The van der Waals surface area contributed by atoms with Crippen LogP contribution < -0.4 is 8.92 Å². The summed E-state index contributed by atoms with van der Waals surface area (Å²) >= 11 is 0. The second kappa shape index (κ2) is 11.6. The molecular formula is C22H28O7S. The normalized spacial score (nSPS) is 12.2. The molecule has 0 N–H and O–H groups in total. The number of rotatable bonds is 12. The molecule has 0 spiro atoms. The lowest BCUT2D eigenvalue weighted by molar-refractivity contribution is -0.156. The van der Waals surface area contributed by atoms with E-state index < -0.39 is 16.2 Å². The van der Waals surface area contributed by atoms with Gasteiger partial charge >= 0.3 is 16.1 Å². The van der Waals surface area contributed by atoms with E-state index in [4.69, 9.17) is 18.4 Å². The van der Waals surface area contributed by atoms with Gasteiger partial charge in [0.25, 0.3) is 0 Å². The van der Waals surface area contributed by atoms with Crippen LogP contribution in [-0.4, -0.2) is 46.6 Å². The molecule has 0 aromatic heterocycles. The molecule has 0 bridgehead atoms. The van der Waals surface area contributed by atoms with Crippen molar-refractivity contribution in [3.8, 4) is 11.5 Å². The minimum Gasteiger partial charge on any atom is -0.493 e. The number of carbonyl (C=O) groups is 1. The summed E-state index contributed by atoms with van der Waals surface area (Å²) in [4.78, 5) is 12.0. The van der Waals surface area contributed by atoms with E-state index in [1.54, 1.807) is 25.1 Å². The van der Waals surface area contributed by atoms with Crippen LogP contribution in [0.5, 0.6) is 11.5 Å². The lowest BCUT2D eigenvalue weighted by atomic mass is 10.1. The molecule has 1 unspecified atom stereocenters. The van der Waals surface area contributed by atoms with Gasteiger partial charge in [-0.1, -0.05) is 24.3 Å². The molecule has 8 heteroatoms. The highest BCUT2D eigenvalue weighted by Gasteiger charge is 2.20. The lowest BCUT2D eigenvalue weighted by Gasteiger charge is -2.15. The highest BCUT2D eigenvalue weighted by Crippen LogP contribution is 2.18. The van der Waals surface area contributed by atoms with E-state index in [1.165, 1.54) is 0 Å². The summed E-state index contributed by atoms with van der Waals surface area (Å²) in [6.07, 6.45) is 1.41. The van der Waals surface area contributed by atoms with Gasteiger partial charge in [0, 0.05) is 19.4 Å². The van der Waals surface area contributed by atoms with Crippen molar-refractivity contribution in [2.45, 2.75) is 32.8 Å². The fourth-order valence-electron chi connectivity index (χ4n) is 2.80. The Morgan fingerprint density at radius 3 is 2.33 bits per heavy atom. The van der Waals surface area contributed by atoms with Gasteiger partial charge in [-0.05, 0) is 49.2 Å². The SMILES string of the molecule is CCOC(=O)C(Cc1ccc(OCCc2cccc(OS(C)(=O)=O)c2)cc1)OCC. The summed E-state index contributed by atoms with van der Waals surface area (Å²) < 4.78 is 43.7. The van der Waals surface area contributed by atoms with Gasteiger partial charge in [-0.15, -0.1) is 0 Å². The van der Waals surface area contributed by atoms with Gasteiger partial charge in [0.15, 0.2) is 6.10 Å². The molecule has 7 nitrogen and oxygen atoms in total. The average Bonchev–Trinajstić information content (AvgIpc) is 2.68. The van der Waals surface area contributed by atoms with Gasteiger partial charge in [0.1, 0.15) is 11.5 Å². The monoisotopic (exact) mass is 436 g/mol. The molecule has 0 aliphatic carbocycles. The van der Waals surface area contributed by atoms with E-state index in [0.717, 1.165) is 17.4 Å². The molecule has 2 aromatic rings. The molecule has 164 valence electrons. The predicted octanol–water partition coefficient (Wildman–Crippen LogP) is 3.16. The Balaban J connectivity index is 1.87. The molecule has 0 fully saturated rings. The Labute approximate surface area is 178 Å².